The van der Waals surface area contributed by atoms with Gasteiger partial charge in [0.05, 0.1) is 6.10 Å². The predicted molar refractivity (Wildman–Crippen MR) is 94.3 cm³/mol. The number of rotatable bonds is 6. The lowest BCUT2D eigenvalue weighted by Crippen LogP contribution is -2.28. The lowest BCUT2D eigenvalue weighted by molar-refractivity contribution is 0.0761. The quantitative estimate of drug-likeness (QED) is 0.751. The first-order valence-corrected chi connectivity index (χ1v) is 8.08. The number of nitrogens with zero attached hydrogens (tertiary/aromatic N) is 4. The Morgan fingerprint density at radius 1 is 1.12 bits per heavy atom. The fraction of sp³-hybridized carbons (Fsp3) is 0.211. The highest BCUT2D eigenvalue weighted by atomic mass is 16.3. The van der Waals surface area contributed by atoms with Gasteiger partial charge in [-0.3, -0.25) is 9.36 Å². The molecule has 3 aromatic rings. The number of hydrogen-bond acceptors (Lipinski definition) is 4. The average Bonchev–Trinajstić information content (AvgIpc) is 3.21. The lowest BCUT2D eigenvalue weighted by atomic mass is 10.1. The summed E-state index contributed by atoms with van der Waals surface area (Å²) in [6, 6.07) is 16.8. The number of benzene rings is 2. The fourth-order valence-corrected chi connectivity index (χ4v) is 2.61. The van der Waals surface area contributed by atoms with E-state index >= 15 is 0 Å². The number of aromatic nitrogens is 3. The van der Waals surface area contributed by atoms with Crippen LogP contribution in [0, 0.1) is 0 Å². The van der Waals surface area contributed by atoms with Gasteiger partial charge in [-0.2, -0.15) is 0 Å². The first-order chi connectivity index (χ1) is 12.1. The van der Waals surface area contributed by atoms with Gasteiger partial charge in [0.25, 0.3) is 5.91 Å². The molecule has 128 valence electrons. The summed E-state index contributed by atoms with van der Waals surface area (Å²) in [5.74, 6) is -0.0878. The Morgan fingerprint density at radius 3 is 2.56 bits per heavy atom. The second-order valence-corrected chi connectivity index (χ2v) is 5.86. The van der Waals surface area contributed by atoms with Crippen LogP contribution in [-0.4, -0.2) is 44.3 Å². The third kappa shape index (κ3) is 4.10. The van der Waals surface area contributed by atoms with Crippen LogP contribution in [0.2, 0.25) is 0 Å². The second kappa shape index (κ2) is 7.72. The van der Waals surface area contributed by atoms with Gasteiger partial charge in [0.1, 0.15) is 12.7 Å². The molecule has 0 radical (unpaired) electrons. The molecule has 1 heterocycles. The van der Waals surface area contributed by atoms with Crippen molar-refractivity contribution >= 4 is 5.91 Å². The first-order valence-electron chi connectivity index (χ1n) is 8.08. The molecule has 0 saturated heterocycles. The minimum absolute atomic E-state index is 0.0878. The number of aliphatic hydroxyl groups excluding tert-OH is 1. The number of aliphatic hydroxyl groups is 1. The number of carbonyl (C=O) groups excluding carboxylic acids is 1. The molecule has 1 amide bonds. The maximum atomic E-state index is 12.6. The van der Waals surface area contributed by atoms with Gasteiger partial charge in [0, 0.05) is 24.8 Å². The summed E-state index contributed by atoms with van der Waals surface area (Å²) in [6.45, 7) is 0.464. The molecule has 0 aliphatic heterocycles. The Morgan fingerprint density at radius 2 is 1.84 bits per heavy atom. The predicted octanol–water partition coefficient (Wildman–Crippen LogP) is 2.46. The Hall–Kier alpha value is -2.99. The van der Waals surface area contributed by atoms with Crippen LogP contribution in [0.5, 0.6) is 0 Å². The van der Waals surface area contributed by atoms with E-state index in [-0.39, 0.29) is 5.91 Å². The summed E-state index contributed by atoms with van der Waals surface area (Å²) >= 11 is 0. The van der Waals surface area contributed by atoms with Crippen molar-refractivity contribution in [3.8, 4) is 5.69 Å². The van der Waals surface area contributed by atoms with E-state index in [9.17, 15) is 9.90 Å². The van der Waals surface area contributed by atoms with Crippen molar-refractivity contribution in [3.05, 3.63) is 78.4 Å². The third-order valence-corrected chi connectivity index (χ3v) is 4.08. The van der Waals surface area contributed by atoms with Crippen molar-refractivity contribution in [1.29, 1.82) is 0 Å². The molecule has 1 atom stereocenters. The van der Waals surface area contributed by atoms with Crippen LogP contribution in [-0.2, 0) is 0 Å². The molecule has 1 N–H and O–H groups in total. The maximum Gasteiger partial charge on any atom is 0.253 e. The zero-order valence-corrected chi connectivity index (χ0v) is 14.0. The van der Waals surface area contributed by atoms with Crippen LogP contribution in [0.1, 0.15) is 28.4 Å². The monoisotopic (exact) mass is 336 g/mol. The highest BCUT2D eigenvalue weighted by Crippen LogP contribution is 2.17. The Balaban J connectivity index is 1.63. The van der Waals surface area contributed by atoms with Crippen LogP contribution in [0.15, 0.2) is 67.3 Å². The van der Waals surface area contributed by atoms with Crippen LogP contribution >= 0.6 is 0 Å². The van der Waals surface area contributed by atoms with Crippen LogP contribution in [0.25, 0.3) is 5.69 Å². The molecule has 0 aliphatic rings. The van der Waals surface area contributed by atoms with E-state index < -0.39 is 6.10 Å². The highest BCUT2D eigenvalue weighted by Gasteiger charge is 2.15. The second-order valence-electron chi connectivity index (χ2n) is 5.86. The van der Waals surface area contributed by atoms with E-state index in [2.05, 4.69) is 10.2 Å². The SMILES string of the molecule is CN(CC[C@H](O)c1ccccc1)C(=O)c1cccc(-n2cnnc2)c1. The molecule has 0 unspecified atom stereocenters. The van der Waals surface area contributed by atoms with E-state index in [1.54, 1.807) is 41.3 Å². The molecule has 6 nitrogen and oxygen atoms in total. The number of amides is 1. The highest BCUT2D eigenvalue weighted by molar-refractivity contribution is 5.94. The van der Waals surface area contributed by atoms with Crippen LogP contribution < -0.4 is 0 Å². The van der Waals surface area contributed by atoms with Crippen molar-refractivity contribution < 1.29 is 9.90 Å². The molecule has 0 saturated carbocycles. The molecule has 25 heavy (non-hydrogen) atoms. The topological polar surface area (TPSA) is 71.2 Å². The molecule has 0 aliphatic carbocycles. The van der Waals surface area contributed by atoms with Crippen molar-refractivity contribution in [2.75, 3.05) is 13.6 Å². The lowest BCUT2D eigenvalue weighted by Gasteiger charge is -2.20. The van der Waals surface area contributed by atoms with Gasteiger partial charge < -0.3 is 10.0 Å². The normalized spacial score (nSPS) is 11.9. The van der Waals surface area contributed by atoms with E-state index in [4.69, 9.17) is 0 Å². The fourth-order valence-electron chi connectivity index (χ4n) is 2.61. The van der Waals surface area contributed by atoms with Gasteiger partial charge >= 0.3 is 0 Å². The van der Waals surface area contributed by atoms with E-state index in [1.165, 1.54) is 0 Å². The van der Waals surface area contributed by atoms with Gasteiger partial charge in [0.2, 0.25) is 0 Å². The zero-order valence-electron chi connectivity index (χ0n) is 14.0. The largest absolute Gasteiger partial charge is 0.388 e. The Labute approximate surface area is 146 Å². The molecule has 0 fully saturated rings. The average molecular weight is 336 g/mol. The smallest absolute Gasteiger partial charge is 0.253 e. The minimum Gasteiger partial charge on any atom is -0.388 e. The summed E-state index contributed by atoms with van der Waals surface area (Å²) in [6.07, 6.45) is 3.07. The standard InChI is InChI=1S/C19H20N4O2/c1-22(11-10-18(24)15-6-3-2-4-7-15)19(25)16-8-5-9-17(12-16)23-13-20-21-14-23/h2-9,12-14,18,24H,10-11H2,1H3/t18-/m0/s1. The molecule has 2 aromatic carbocycles. The molecular formula is C19H20N4O2. The maximum absolute atomic E-state index is 12.6. The van der Waals surface area contributed by atoms with Crippen molar-refractivity contribution in [2.45, 2.75) is 12.5 Å². The van der Waals surface area contributed by atoms with Crippen LogP contribution in [0.4, 0.5) is 0 Å². The van der Waals surface area contributed by atoms with Gasteiger partial charge in [-0.15, -0.1) is 10.2 Å². The van der Waals surface area contributed by atoms with E-state index in [0.29, 0.717) is 18.5 Å². The first kappa shape index (κ1) is 16.9. The van der Waals surface area contributed by atoms with E-state index in [1.807, 2.05) is 42.5 Å². The van der Waals surface area contributed by atoms with Gasteiger partial charge in [-0.25, -0.2) is 0 Å². The molecule has 6 heteroatoms. The summed E-state index contributed by atoms with van der Waals surface area (Å²) in [5, 5.41) is 17.8. The molecule has 0 spiro atoms. The summed E-state index contributed by atoms with van der Waals surface area (Å²) in [4.78, 5) is 14.2. The minimum atomic E-state index is -0.584. The number of carbonyl (C=O) groups is 1. The Bertz CT molecular complexity index is 818. The van der Waals surface area contributed by atoms with Crippen molar-refractivity contribution in [1.82, 2.24) is 19.7 Å². The zero-order chi connectivity index (χ0) is 17.6. The molecule has 1 aromatic heterocycles. The Kier molecular flexibility index (Phi) is 5.20. The van der Waals surface area contributed by atoms with Gasteiger partial charge in [0.15, 0.2) is 0 Å². The van der Waals surface area contributed by atoms with Gasteiger partial charge in [-0.1, -0.05) is 36.4 Å². The molecule has 3 rings (SSSR count). The molecular weight excluding hydrogens is 316 g/mol. The van der Waals surface area contributed by atoms with Crippen molar-refractivity contribution in [3.63, 3.8) is 0 Å². The van der Waals surface area contributed by atoms with Crippen LogP contribution in [0.3, 0.4) is 0 Å². The van der Waals surface area contributed by atoms with E-state index in [0.717, 1.165) is 11.3 Å². The summed E-state index contributed by atoms with van der Waals surface area (Å²) in [7, 11) is 1.74. The van der Waals surface area contributed by atoms with Crippen molar-refractivity contribution in [2.24, 2.45) is 0 Å². The number of hydrogen-bond donors (Lipinski definition) is 1. The molecule has 0 bridgehead atoms. The van der Waals surface area contributed by atoms with Gasteiger partial charge in [-0.05, 0) is 30.2 Å². The third-order valence-electron chi connectivity index (χ3n) is 4.08. The summed E-state index contributed by atoms with van der Waals surface area (Å²) < 4.78 is 1.75. The summed E-state index contributed by atoms with van der Waals surface area (Å²) in [5.41, 5.74) is 2.27.